The maximum atomic E-state index is 12.0. The summed E-state index contributed by atoms with van der Waals surface area (Å²) < 4.78 is 1.75. The third kappa shape index (κ3) is 5.24. The van der Waals surface area contributed by atoms with Crippen LogP contribution in [0.15, 0.2) is 27.1 Å². The molecule has 1 N–H and O–H groups in total. The first-order valence-corrected chi connectivity index (χ1v) is 7.97. The molecular formula is C14H20Br2N2O. The Bertz CT molecular complexity index is 437. The van der Waals surface area contributed by atoms with Crippen LogP contribution in [-0.4, -0.2) is 37.0 Å². The first-order valence-electron chi connectivity index (χ1n) is 6.39. The number of carbonyl (C=O) groups is 1. The highest BCUT2D eigenvalue weighted by Gasteiger charge is 2.11. The van der Waals surface area contributed by atoms with Gasteiger partial charge in [-0.1, -0.05) is 22.9 Å². The first-order chi connectivity index (χ1) is 8.95. The van der Waals surface area contributed by atoms with Crippen molar-refractivity contribution in [2.45, 2.75) is 26.3 Å². The molecular weight excluding hydrogens is 372 g/mol. The van der Waals surface area contributed by atoms with E-state index in [2.05, 4.69) is 63.0 Å². The lowest BCUT2D eigenvalue weighted by Crippen LogP contribution is -2.37. The van der Waals surface area contributed by atoms with Gasteiger partial charge in [0.2, 0.25) is 0 Å². The van der Waals surface area contributed by atoms with Crippen LogP contribution in [0.3, 0.4) is 0 Å². The first kappa shape index (κ1) is 16.7. The molecule has 0 radical (unpaired) electrons. The van der Waals surface area contributed by atoms with E-state index in [1.807, 2.05) is 18.2 Å². The number of carbonyl (C=O) groups excluding carboxylic acids is 1. The van der Waals surface area contributed by atoms with Crippen molar-refractivity contribution in [1.82, 2.24) is 10.2 Å². The molecule has 5 heteroatoms. The van der Waals surface area contributed by atoms with E-state index in [0.717, 1.165) is 21.9 Å². The molecule has 0 aliphatic heterocycles. The molecule has 1 atom stereocenters. The molecule has 0 aliphatic rings. The van der Waals surface area contributed by atoms with Crippen LogP contribution in [-0.2, 0) is 0 Å². The highest BCUT2D eigenvalue weighted by molar-refractivity contribution is 9.11. The predicted octanol–water partition coefficient (Wildman–Crippen LogP) is 3.67. The zero-order valence-corrected chi connectivity index (χ0v) is 14.7. The summed E-state index contributed by atoms with van der Waals surface area (Å²) in [5, 5.41) is 2.94. The van der Waals surface area contributed by atoms with E-state index in [4.69, 9.17) is 0 Å². The van der Waals surface area contributed by atoms with Crippen LogP contribution >= 0.6 is 31.9 Å². The van der Waals surface area contributed by atoms with Gasteiger partial charge in [0.25, 0.3) is 5.91 Å². The van der Waals surface area contributed by atoms with Crippen molar-refractivity contribution in [3.05, 3.63) is 32.7 Å². The van der Waals surface area contributed by atoms with Crippen LogP contribution < -0.4 is 5.32 Å². The molecule has 0 fully saturated rings. The number of halogens is 2. The molecule has 1 aromatic rings. The molecule has 1 unspecified atom stereocenters. The van der Waals surface area contributed by atoms with Crippen molar-refractivity contribution in [3.63, 3.8) is 0 Å². The number of benzene rings is 1. The summed E-state index contributed by atoms with van der Waals surface area (Å²) in [6, 6.07) is 6.09. The van der Waals surface area contributed by atoms with Crippen LogP contribution in [0.5, 0.6) is 0 Å². The van der Waals surface area contributed by atoms with Gasteiger partial charge < -0.3 is 10.2 Å². The van der Waals surface area contributed by atoms with Gasteiger partial charge in [-0.3, -0.25) is 4.79 Å². The van der Waals surface area contributed by atoms with Crippen molar-refractivity contribution in [1.29, 1.82) is 0 Å². The molecule has 106 valence electrons. The molecule has 1 amide bonds. The summed E-state index contributed by atoms with van der Waals surface area (Å²) in [5.41, 5.74) is 0.661. The third-order valence-electron chi connectivity index (χ3n) is 3.27. The number of amides is 1. The van der Waals surface area contributed by atoms with Gasteiger partial charge in [-0.15, -0.1) is 0 Å². The van der Waals surface area contributed by atoms with E-state index in [-0.39, 0.29) is 5.91 Å². The van der Waals surface area contributed by atoms with Gasteiger partial charge in [-0.25, -0.2) is 0 Å². The number of hydrogen-bond acceptors (Lipinski definition) is 2. The Kier molecular flexibility index (Phi) is 7.04. The van der Waals surface area contributed by atoms with E-state index in [9.17, 15) is 4.79 Å². The van der Waals surface area contributed by atoms with E-state index in [0.29, 0.717) is 18.2 Å². The predicted molar refractivity (Wildman–Crippen MR) is 86.6 cm³/mol. The van der Waals surface area contributed by atoms with Crippen molar-refractivity contribution >= 4 is 37.8 Å². The van der Waals surface area contributed by atoms with Crippen molar-refractivity contribution in [3.8, 4) is 0 Å². The second kappa shape index (κ2) is 8.02. The molecule has 0 aromatic heterocycles. The fourth-order valence-electron chi connectivity index (χ4n) is 1.65. The van der Waals surface area contributed by atoms with Crippen molar-refractivity contribution < 1.29 is 4.79 Å². The number of hydrogen-bond donors (Lipinski definition) is 1. The SMILES string of the molecule is CCC(C)N(C)CCNC(=O)c1ccc(Br)cc1Br. The second-order valence-electron chi connectivity index (χ2n) is 4.62. The summed E-state index contributed by atoms with van der Waals surface area (Å²) in [4.78, 5) is 14.3. The summed E-state index contributed by atoms with van der Waals surface area (Å²) in [5.74, 6) is -0.0445. The van der Waals surface area contributed by atoms with Crippen LogP contribution in [0, 0.1) is 0 Å². The molecule has 0 saturated carbocycles. The van der Waals surface area contributed by atoms with Gasteiger partial charge >= 0.3 is 0 Å². The van der Waals surface area contributed by atoms with Gasteiger partial charge in [0.05, 0.1) is 5.56 Å². The van der Waals surface area contributed by atoms with Crippen LogP contribution in [0.4, 0.5) is 0 Å². The van der Waals surface area contributed by atoms with E-state index in [1.54, 1.807) is 0 Å². The minimum absolute atomic E-state index is 0.0445. The number of nitrogens with one attached hydrogen (secondary N) is 1. The van der Waals surface area contributed by atoms with Gasteiger partial charge in [-0.2, -0.15) is 0 Å². The molecule has 0 heterocycles. The molecule has 1 rings (SSSR count). The minimum Gasteiger partial charge on any atom is -0.351 e. The van der Waals surface area contributed by atoms with Crippen molar-refractivity contribution in [2.75, 3.05) is 20.1 Å². The van der Waals surface area contributed by atoms with E-state index < -0.39 is 0 Å². The summed E-state index contributed by atoms with van der Waals surface area (Å²) >= 11 is 6.77. The highest BCUT2D eigenvalue weighted by Crippen LogP contribution is 2.21. The molecule has 1 aromatic carbocycles. The molecule has 3 nitrogen and oxygen atoms in total. The van der Waals surface area contributed by atoms with Gasteiger partial charge in [0.15, 0.2) is 0 Å². The lowest BCUT2D eigenvalue weighted by Gasteiger charge is -2.23. The Morgan fingerprint density at radius 2 is 2.11 bits per heavy atom. The van der Waals surface area contributed by atoms with Gasteiger partial charge in [0, 0.05) is 28.1 Å². The molecule has 0 aliphatic carbocycles. The fraction of sp³-hybridized carbons (Fsp3) is 0.500. The zero-order chi connectivity index (χ0) is 14.4. The molecule has 0 saturated heterocycles. The Morgan fingerprint density at radius 3 is 2.68 bits per heavy atom. The largest absolute Gasteiger partial charge is 0.351 e. The minimum atomic E-state index is -0.0445. The number of nitrogens with zero attached hydrogens (tertiary/aromatic N) is 1. The summed E-state index contributed by atoms with van der Waals surface area (Å²) in [7, 11) is 2.08. The standard InChI is InChI=1S/C14H20Br2N2O/c1-4-10(2)18(3)8-7-17-14(19)12-6-5-11(15)9-13(12)16/h5-6,9-10H,4,7-8H2,1-3H3,(H,17,19). The second-order valence-corrected chi connectivity index (χ2v) is 6.39. The molecule has 0 bridgehead atoms. The summed E-state index contributed by atoms with van der Waals surface area (Å²) in [6.45, 7) is 5.86. The number of rotatable bonds is 6. The quantitative estimate of drug-likeness (QED) is 0.802. The van der Waals surface area contributed by atoms with Gasteiger partial charge in [0.1, 0.15) is 0 Å². The zero-order valence-electron chi connectivity index (χ0n) is 11.5. The van der Waals surface area contributed by atoms with E-state index in [1.165, 1.54) is 0 Å². The Balaban J connectivity index is 2.47. The average Bonchev–Trinajstić information content (AvgIpc) is 2.37. The van der Waals surface area contributed by atoms with Crippen LogP contribution in [0.2, 0.25) is 0 Å². The third-order valence-corrected chi connectivity index (χ3v) is 4.42. The fourth-order valence-corrected chi connectivity index (χ4v) is 2.87. The smallest absolute Gasteiger partial charge is 0.252 e. The number of likely N-dealkylation sites (N-methyl/N-ethyl adjacent to an activating group) is 1. The molecule has 19 heavy (non-hydrogen) atoms. The Hall–Kier alpha value is -0.390. The van der Waals surface area contributed by atoms with Crippen LogP contribution in [0.1, 0.15) is 30.6 Å². The van der Waals surface area contributed by atoms with Crippen LogP contribution in [0.25, 0.3) is 0 Å². The lowest BCUT2D eigenvalue weighted by atomic mass is 10.2. The molecule has 0 spiro atoms. The summed E-state index contributed by atoms with van der Waals surface area (Å²) in [6.07, 6.45) is 1.11. The Labute approximate surface area is 132 Å². The van der Waals surface area contributed by atoms with E-state index >= 15 is 0 Å². The lowest BCUT2D eigenvalue weighted by molar-refractivity contribution is 0.0946. The highest BCUT2D eigenvalue weighted by atomic mass is 79.9. The normalized spacial score (nSPS) is 12.5. The Morgan fingerprint density at radius 1 is 1.42 bits per heavy atom. The monoisotopic (exact) mass is 390 g/mol. The maximum absolute atomic E-state index is 12.0. The topological polar surface area (TPSA) is 32.3 Å². The average molecular weight is 392 g/mol. The maximum Gasteiger partial charge on any atom is 0.252 e. The van der Waals surface area contributed by atoms with Gasteiger partial charge in [-0.05, 0) is 54.5 Å². The van der Waals surface area contributed by atoms with Crippen molar-refractivity contribution in [2.24, 2.45) is 0 Å².